The minimum Gasteiger partial charge on any atom is -0.341 e. The monoisotopic (exact) mass is 493 g/mol. The summed E-state index contributed by atoms with van der Waals surface area (Å²) in [5.41, 5.74) is 4.06. The second-order valence-electron chi connectivity index (χ2n) is 8.58. The van der Waals surface area contributed by atoms with Crippen molar-refractivity contribution >= 4 is 57.4 Å². The molecule has 174 valence electrons. The number of nitrogens with zero attached hydrogens (tertiary/aromatic N) is 3. The highest BCUT2D eigenvalue weighted by Gasteiger charge is 2.37. The molecule has 1 aromatic heterocycles. The van der Waals surface area contributed by atoms with Crippen LogP contribution in [0.5, 0.6) is 0 Å². The zero-order valence-electron chi connectivity index (χ0n) is 18.8. The number of rotatable bonds is 5. The van der Waals surface area contributed by atoms with Gasteiger partial charge in [-0.2, -0.15) is 0 Å². The Hall–Kier alpha value is -3.03. The van der Waals surface area contributed by atoms with Crippen molar-refractivity contribution in [2.45, 2.75) is 26.3 Å². The number of likely N-dealkylation sites (tertiary alicyclic amines) is 1. The first-order valence-corrected chi connectivity index (χ1v) is 12.5. The number of benzene rings is 2. The van der Waals surface area contributed by atoms with E-state index < -0.39 is 11.1 Å². The van der Waals surface area contributed by atoms with Crippen molar-refractivity contribution < 1.29 is 14.4 Å². The standard InChI is InChI=1S/C26H24ClN3O3S/c1-17-21(14-23-25(32)30(26(33)34-23)16-24(31)28-12-4-5-13-28)20-6-2-3-7-22(20)29(17)15-18-8-10-19(27)11-9-18/h2-3,6-11,14H,4-5,12-13,15-16H2,1H3/b23-14+. The molecule has 0 spiro atoms. The van der Waals surface area contributed by atoms with Crippen LogP contribution in [0.25, 0.3) is 17.0 Å². The zero-order chi connectivity index (χ0) is 23.8. The Bertz CT molecular complexity index is 1320. The predicted molar refractivity (Wildman–Crippen MR) is 136 cm³/mol. The van der Waals surface area contributed by atoms with Gasteiger partial charge in [0.2, 0.25) is 5.91 Å². The van der Waals surface area contributed by atoms with Gasteiger partial charge >= 0.3 is 0 Å². The molecule has 5 rings (SSSR count). The summed E-state index contributed by atoms with van der Waals surface area (Å²) in [5.74, 6) is -0.576. The van der Waals surface area contributed by atoms with Crippen molar-refractivity contribution in [3.8, 4) is 0 Å². The molecule has 2 aliphatic rings. The quantitative estimate of drug-likeness (QED) is 0.452. The van der Waals surface area contributed by atoms with E-state index in [9.17, 15) is 14.4 Å². The molecule has 8 heteroatoms. The van der Waals surface area contributed by atoms with Gasteiger partial charge in [-0.3, -0.25) is 19.3 Å². The third-order valence-electron chi connectivity index (χ3n) is 6.43. The number of carbonyl (C=O) groups excluding carboxylic acids is 3. The summed E-state index contributed by atoms with van der Waals surface area (Å²) in [6, 6.07) is 15.8. The van der Waals surface area contributed by atoms with Gasteiger partial charge in [0.05, 0.1) is 4.91 Å². The second-order valence-corrected chi connectivity index (χ2v) is 10.0. The van der Waals surface area contributed by atoms with Crippen LogP contribution in [0.15, 0.2) is 53.4 Å². The molecule has 0 saturated carbocycles. The molecule has 2 aliphatic heterocycles. The van der Waals surface area contributed by atoms with Gasteiger partial charge < -0.3 is 9.47 Å². The Labute approximate surface area is 207 Å². The molecule has 2 fully saturated rings. The number of fused-ring (bicyclic) bond motifs is 1. The minimum absolute atomic E-state index is 0.170. The van der Waals surface area contributed by atoms with Gasteiger partial charge in [0, 0.05) is 46.8 Å². The molecule has 3 amide bonds. The van der Waals surface area contributed by atoms with Crippen molar-refractivity contribution in [2.75, 3.05) is 19.6 Å². The average molecular weight is 494 g/mol. The maximum Gasteiger partial charge on any atom is 0.294 e. The van der Waals surface area contributed by atoms with Crippen LogP contribution in [0, 0.1) is 6.92 Å². The molecule has 0 unspecified atom stereocenters. The van der Waals surface area contributed by atoms with E-state index >= 15 is 0 Å². The third kappa shape index (κ3) is 4.26. The molecular weight excluding hydrogens is 470 g/mol. The number of carbonyl (C=O) groups is 3. The highest BCUT2D eigenvalue weighted by molar-refractivity contribution is 8.18. The van der Waals surface area contributed by atoms with Crippen molar-refractivity contribution in [2.24, 2.45) is 0 Å². The van der Waals surface area contributed by atoms with E-state index in [1.807, 2.05) is 49.4 Å². The molecule has 3 aromatic rings. The molecule has 0 bridgehead atoms. The maximum atomic E-state index is 13.1. The lowest BCUT2D eigenvalue weighted by Gasteiger charge is -2.18. The first-order chi connectivity index (χ1) is 16.4. The summed E-state index contributed by atoms with van der Waals surface area (Å²) in [6.07, 6.45) is 3.72. The van der Waals surface area contributed by atoms with Crippen LogP contribution in [0.2, 0.25) is 5.02 Å². The highest BCUT2D eigenvalue weighted by Crippen LogP contribution is 2.36. The summed E-state index contributed by atoms with van der Waals surface area (Å²) in [7, 11) is 0. The van der Waals surface area contributed by atoms with E-state index in [1.54, 1.807) is 11.0 Å². The number of para-hydroxylation sites is 1. The fraction of sp³-hybridized carbons (Fsp3) is 0.269. The van der Waals surface area contributed by atoms with E-state index in [4.69, 9.17) is 11.6 Å². The lowest BCUT2D eigenvalue weighted by molar-refractivity contribution is -0.135. The lowest BCUT2D eigenvalue weighted by atomic mass is 10.1. The number of amides is 3. The first-order valence-electron chi connectivity index (χ1n) is 11.3. The molecule has 0 aliphatic carbocycles. The number of imide groups is 1. The highest BCUT2D eigenvalue weighted by atomic mass is 35.5. The van der Waals surface area contributed by atoms with E-state index in [2.05, 4.69) is 10.6 Å². The van der Waals surface area contributed by atoms with Crippen LogP contribution in [0.4, 0.5) is 4.79 Å². The smallest absolute Gasteiger partial charge is 0.294 e. The van der Waals surface area contributed by atoms with Crippen molar-refractivity contribution in [1.82, 2.24) is 14.4 Å². The normalized spacial score (nSPS) is 17.5. The Kier molecular flexibility index (Phi) is 6.23. The van der Waals surface area contributed by atoms with E-state index in [1.165, 1.54) is 0 Å². The van der Waals surface area contributed by atoms with E-state index in [-0.39, 0.29) is 12.5 Å². The van der Waals surface area contributed by atoms with E-state index in [0.717, 1.165) is 57.2 Å². The summed E-state index contributed by atoms with van der Waals surface area (Å²) >= 11 is 6.94. The molecule has 2 aromatic carbocycles. The Morgan fingerprint density at radius 3 is 2.50 bits per heavy atom. The van der Waals surface area contributed by atoms with Crippen LogP contribution < -0.4 is 0 Å². The SMILES string of the molecule is Cc1c(/C=C2/SC(=O)N(CC(=O)N3CCCC3)C2=O)c2ccccc2n1Cc1ccc(Cl)cc1. The molecule has 0 radical (unpaired) electrons. The fourth-order valence-corrected chi connectivity index (χ4v) is 5.53. The largest absolute Gasteiger partial charge is 0.341 e. The van der Waals surface area contributed by atoms with Crippen LogP contribution in [-0.2, 0) is 16.1 Å². The van der Waals surface area contributed by atoms with Gasteiger partial charge in [-0.25, -0.2) is 0 Å². The molecular formula is C26H24ClN3O3S. The maximum absolute atomic E-state index is 13.1. The van der Waals surface area contributed by atoms with Crippen molar-refractivity contribution in [3.05, 3.63) is 75.3 Å². The summed E-state index contributed by atoms with van der Waals surface area (Å²) < 4.78 is 2.20. The van der Waals surface area contributed by atoms with Gasteiger partial charge in [0.25, 0.3) is 11.1 Å². The number of halogens is 1. The Balaban J connectivity index is 1.46. The molecule has 3 heterocycles. The number of hydrogen-bond acceptors (Lipinski definition) is 4. The Morgan fingerprint density at radius 1 is 1.06 bits per heavy atom. The molecule has 0 atom stereocenters. The predicted octanol–water partition coefficient (Wildman–Crippen LogP) is 5.31. The topological polar surface area (TPSA) is 62.6 Å². The number of thioether (sulfide) groups is 1. The molecule has 2 saturated heterocycles. The summed E-state index contributed by atoms with van der Waals surface area (Å²) in [5, 5.41) is 1.30. The van der Waals surface area contributed by atoms with Gasteiger partial charge in [0.1, 0.15) is 6.54 Å². The van der Waals surface area contributed by atoms with Gasteiger partial charge in [-0.15, -0.1) is 0 Å². The lowest BCUT2D eigenvalue weighted by Crippen LogP contribution is -2.40. The minimum atomic E-state index is -0.406. The second kappa shape index (κ2) is 9.31. The molecule has 6 nitrogen and oxygen atoms in total. The first kappa shape index (κ1) is 22.7. The molecule has 34 heavy (non-hydrogen) atoms. The van der Waals surface area contributed by atoms with Crippen molar-refractivity contribution in [3.63, 3.8) is 0 Å². The van der Waals surface area contributed by atoms with Gasteiger partial charge in [-0.1, -0.05) is 41.9 Å². The zero-order valence-corrected chi connectivity index (χ0v) is 20.4. The van der Waals surface area contributed by atoms with Gasteiger partial charge in [0.15, 0.2) is 0 Å². The van der Waals surface area contributed by atoms with Crippen LogP contribution in [0.1, 0.15) is 29.7 Å². The van der Waals surface area contributed by atoms with E-state index in [0.29, 0.717) is 29.6 Å². The van der Waals surface area contributed by atoms with Crippen LogP contribution in [-0.4, -0.2) is 51.1 Å². The van der Waals surface area contributed by atoms with Crippen LogP contribution >= 0.6 is 23.4 Å². The van der Waals surface area contributed by atoms with Gasteiger partial charge in [-0.05, 0) is 61.4 Å². The van der Waals surface area contributed by atoms with Crippen LogP contribution in [0.3, 0.4) is 0 Å². The fourth-order valence-electron chi connectivity index (χ4n) is 4.59. The summed E-state index contributed by atoms with van der Waals surface area (Å²) in [4.78, 5) is 41.3. The number of hydrogen-bond donors (Lipinski definition) is 0. The average Bonchev–Trinajstić information content (AvgIpc) is 3.52. The summed E-state index contributed by atoms with van der Waals surface area (Å²) in [6.45, 7) is 3.86. The number of aromatic nitrogens is 1. The van der Waals surface area contributed by atoms with Crippen molar-refractivity contribution in [1.29, 1.82) is 0 Å². The third-order valence-corrected chi connectivity index (χ3v) is 7.59. The molecule has 0 N–H and O–H groups in total. The Morgan fingerprint density at radius 2 is 1.76 bits per heavy atom.